The summed E-state index contributed by atoms with van der Waals surface area (Å²) in [5.74, 6) is 0.911. The van der Waals surface area contributed by atoms with Crippen LogP contribution in [0.15, 0.2) is 102 Å². The molecule has 1 heterocycles. The van der Waals surface area contributed by atoms with Gasteiger partial charge in [0, 0.05) is 12.1 Å². The van der Waals surface area contributed by atoms with Crippen molar-refractivity contribution in [2.75, 3.05) is 13.7 Å². The van der Waals surface area contributed by atoms with Crippen LogP contribution in [0.3, 0.4) is 0 Å². The number of fused-ring (bicyclic) bond motifs is 1. The first-order valence-electron chi connectivity index (χ1n) is 13.5. The van der Waals surface area contributed by atoms with Crippen molar-refractivity contribution >= 4 is 16.8 Å². The fourth-order valence-corrected chi connectivity index (χ4v) is 5.00. The first-order valence-corrected chi connectivity index (χ1v) is 13.5. The number of benzene rings is 4. The third-order valence-electron chi connectivity index (χ3n) is 7.26. The van der Waals surface area contributed by atoms with Gasteiger partial charge >= 0.3 is 0 Å². The highest BCUT2D eigenvalue weighted by Gasteiger charge is 2.28. The molecule has 40 heavy (non-hydrogen) atoms. The molecule has 0 N–H and O–H groups in total. The number of ether oxygens (including phenoxy) is 1. The van der Waals surface area contributed by atoms with E-state index >= 15 is 0 Å². The zero-order chi connectivity index (χ0) is 28.2. The van der Waals surface area contributed by atoms with E-state index in [0.717, 1.165) is 16.7 Å². The van der Waals surface area contributed by atoms with Gasteiger partial charge in [-0.05, 0) is 74.7 Å². The van der Waals surface area contributed by atoms with Crippen molar-refractivity contribution in [2.45, 2.75) is 33.2 Å². The molecule has 202 valence electrons. The van der Waals surface area contributed by atoms with Crippen LogP contribution in [0.4, 0.5) is 0 Å². The SMILES string of the molecule is COc1ccc(C)cc1-n1c(C(C)N(CCc2ccccc2)C(=O)c2ccc(C)cc2)nc2ccccc2c1=O. The third-order valence-corrected chi connectivity index (χ3v) is 7.26. The summed E-state index contributed by atoms with van der Waals surface area (Å²) in [4.78, 5) is 34.9. The summed E-state index contributed by atoms with van der Waals surface area (Å²) in [7, 11) is 1.59. The predicted octanol–water partition coefficient (Wildman–Crippen LogP) is 6.46. The number of rotatable bonds is 8. The normalized spacial score (nSPS) is 11.8. The number of nitrogens with zero attached hydrogens (tertiary/aromatic N) is 3. The van der Waals surface area contributed by atoms with Gasteiger partial charge in [0.2, 0.25) is 0 Å². The maximum Gasteiger partial charge on any atom is 0.266 e. The van der Waals surface area contributed by atoms with E-state index in [4.69, 9.17) is 9.72 Å². The van der Waals surface area contributed by atoms with Gasteiger partial charge in [-0.25, -0.2) is 4.98 Å². The molecule has 0 bridgehead atoms. The smallest absolute Gasteiger partial charge is 0.266 e. The molecule has 1 atom stereocenters. The van der Waals surface area contributed by atoms with Gasteiger partial charge < -0.3 is 9.64 Å². The van der Waals surface area contributed by atoms with E-state index in [1.54, 1.807) is 17.7 Å². The van der Waals surface area contributed by atoms with Crippen molar-refractivity contribution in [1.82, 2.24) is 14.5 Å². The number of aryl methyl sites for hydroxylation is 2. The highest BCUT2D eigenvalue weighted by Crippen LogP contribution is 2.29. The Morgan fingerprint density at radius 2 is 1.57 bits per heavy atom. The number of amides is 1. The van der Waals surface area contributed by atoms with Gasteiger partial charge in [0.1, 0.15) is 11.6 Å². The summed E-state index contributed by atoms with van der Waals surface area (Å²) in [6.45, 7) is 6.35. The molecule has 0 spiro atoms. The van der Waals surface area contributed by atoms with Crippen molar-refractivity contribution in [2.24, 2.45) is 0 Å². The van der Waals surface area contributed by atoms with E-state index in [2.05, 4.69) is 12.1 Å². The number of methoxy groups -OCH3 is 1. The Hall–Kier alpha value is -4.71. The van der Waals surface area contributed by atoms with E-state index < -0.39 is 6.04 Å². The third kappa shape index (κ3) is 5.38. The fraction of sp³-hybridized carbons (Fsp3) is 0.206. The second kappa shape index (κ2) is 11.6. The lowest BCUT2D eigenvalue weighted by Gasteiger charge is -2.31. The van der Waals surface area contributed by atoms with Crippen molar-refractivity contribution in [1.29, 1.82) is 0 Å². The van der Waals surface area contributed by atoms with E-state index in [1.165, 1.54) is 0 Å². The summed E-state index contributed by atoms with van der Waals surface area (Å²) >= 11 is 0. The molecule has 0 saturated heterocycles. The van der Waals surface area contributed by atoms with E-state index in [9.17, 15) is 9.59 Å². The van der Waals surface area contributed by atoms with Gasteiger partial charge in [-0.15, -0.1) is 0 Å². The van der Waals surface area contributed by atoms with Crippen molar-refractivity contribution < 1.29 is 9.53 Å². The number of hydrogen-bond donors (Lipinski definition) is 0. The predicted molar refractivity (Wildman–Crippen MR) is 159 cm³/mol. The largest absolute Gasteiger partial charge is 0.495 e. The minimum atomic E-state index is -0.528. The van der Waals surface area contributed by atoms with Gasteiger partial charge in [-0.3, -0.25) is 14.2 Å². The van der Waals surface area contributed by atoms with Gasteiger partial charge in [0.05, 0.1) is 29.7 Å². The van der Waals surface area contributed by atoms with Crippen LogP contribution in [0.1, 0.15) is 45.8 Å². The summed E-state index contributed by atoms with van der Waals surface area (Å²) in [6, 6.07) is 30.2. The van der Waals surface area contributed by atoms with Crippen LogP contribution in [-0.2, 0) is 6.42 Å². The van der Waals surface area contributed by atoms with Crippen molar-refractivity contribution in [3.05, 3.63) is 135 Å². The molecule has 5 aromatic rings. The lowest BCUT2D eigenvalue weighted by atomic mass is 10.1. The van der Waals surface area contributed by atoms with Gasteiger partial charge in [-0.1, -0.05) is 66.2 Å². The van der Waals surface area contributed by atoms with Crippen LogP contribution < -0.4 is 10.3 Å². The fourth-order valence-electron chi connectivity index (χ4n) is 5.00. The Balaban J connectivity index is 1.69. The molecule has 0 radical (unpaired) electrons. The topological polar surface area (TPSA) is 64.4 Å². The van der Waals surface area contributed by atoms with Crippen LogP contribution in [-0.4, -0.2) is 34.0 Å². The molecule has 0 aliphatic carbocycles. The molecule has 0 aliphatic rings. The molecule has 0 fully saturated rings. The van der Waals surface area contributed by atoms with E-state index in [0.29, 0.717) is 46.7 Å². The first kappa shape index (κ1) is 26.9. The number of hydrogen-bond acceptors (Lipinski definition) is 4. The van der Waals surface area contributed by atoms with Crippen LogP contribution in [0, 0.1) is 13.8 Å². The minimum Gasteiger partial charge on any atom is -0.495 e. The maximum absolute atomic E-state index is 14.1. The lowest BCUT2D eigenvalue weighted by Crippen LogP contribution is -2.38. The molecule has 1 aromatic heterocycles. The molecular weight excluding hydrogens is 498 g/mol. The monoisotopic (exact) mass is 531 g/mol. The van der Waals surface area contributed by atoms with Crippen LogP contribution >= 0.6 is 0 Å². The summed E-state index contributed by atoms with van der Waals surface area (Å²) in [5.41, 5.74) is 4.75. The van der Waals surface area contributed by atoms with Crippen LogP contribution in [0.2, 0.25) is 0 Å². The zero-order valence-corrected chi connectivity index (χ0v) is 23.3. The van der Waals surface area contributed by atoms with Crippen molar-refractivity contribution in [3.8, 4) is 11.4 Å². The van der Waals surface area contributed by atoms with Crippen molar-refractivity contribution in [3.63, 3.8) is 0 Å². The van der Waals surface area contributed by atoms with Gasteiger partial charge in [0.15, 0.2) is 0 Å². The number of aromatic nitrogens is 2. The second-order valence-electron chi connectivity index (χ2n) is 10.1. The molecule has 0 saturated carbocycles. The zero-order valence-electron chi connectivity index (χ0n) is 23.3. The highest BCUT2D eigenvalue weighted by atomic mass is 16.5. The quantitative estimate of drug-likeness (QED) is 0.231. The molecule has 6 nitrogen and oxygen atoms in total. The molecular formula is C34H33N3O3. The Morgan fingerprint density at radius 1 is 0.900 bits per heavy atom. The van der Waals surface area contributed by atoms with E-state index in [-0.39, 0.29) is 11.5 Å². The Labute approximate surface area is 234 Å². The minimum absolute atomic E-state index is 0.117. The number of carbonyl (C=O) groups excluding carboxylic acids is 1. The standard InChI is InChI=1S/C34H33N3O3/c1-23-14-17-27(18-15-23)33(38)36(21-20-26-10-6-5-7-11-26)25(3)32-35-29-13-9-8-12-28(29)34(39)37(32)30-22-24(2)16-19-31(30)40-4/h5-19,22,25H,20-21H2,1-4H3. The average molecular weight is 532 g/mol. The first-order chi connectivity index (χ1) is 19.4. The molecule has 1 amide bonds. The van der Waals surface area contributed by atoms with E-state index in [1.807, 2.05) is 105 Å². The molecule has 0 aliphatic heterocycles. The maximum atomic E-state index is 14.1. The van der Waals surface area contributed by atoms with Gasteiger partial charge in [-0.2, -0.15) is 0 Å². The summed E-state index contributed by atoms with van der Waals surface area (Å²) in [5, 5.41) is 0.503. The van der Waals surface area contributed by atoms with Crippen LogP contribution in [0.25, 0.3) is 16.6 Å². The van der Waals surface area contributed by atoms with Crippen LogP contribution in [0.5, 0.6) is 5.75 Å². The average Bonchev–Trinajstić information content (AvgIpc) is 2.98. The Morgan fingerprint density at radius 3 is 2.30 bits per heavy atom. The summed E-state index contributed by atoms with van der Waals surface area (Å²) in [6.07, 6.45) is 0.661. The highest BCUT2D eigenvalue weighted by molar-refractivity contribution is 5.94. The van der Waals surface area contributed by atoms with Gasteiger partial charge in [0.25, 0.3) is 11.5 Å². The molecule has 6 heteroatoms. The number of para-hydroxylation sites is 1. The summed E-state index contributed by atoms with van der Waals surface area (Å²) < 4.78 is 7.29. The number of carbonyl (C=O) groups is 1. The second-order valence-corrected chi connectivity index (χ2v) is 10.1. The lowest BCUT2D eigenvalue weighted by molar-refractivity contribution is 0.0683. The molecule has 5 rings (SSSR count). The molecule has 4 aromatic carbocycles. The Kier molecular flexibility index (Phi) is 7.78. The molecule has 1 unspecified atom stereocenters. The Bertz CT molecular complexity index is 1710.